The molecule has 7 heteroatoms. The number of methoxy groups -OCH3 is 1. The molecule has 0 spiro atoms. The summed E-state index contributed by atoms with van der Waals surface area (Å²) in [4.78, 5) is 12.7. The molecule has 2 aliphatic carbocycles. The number of aryl methyl sites for hydroxylation is 1. The molecule has 0 fully saturated rings. The van der Waals surface area contributed by atoms with Gasteiger partial charge >= 0.3 is 0 Å². The van der Waals surface area contributed by atoms with E-state index in [2.05, 4.69) is 10.0 Å². The van der Waals surface area contributed by atoms with Gasteiger partial charge in [0.25, 0.3) is 15.9 Å². The topological polar surface area (TPSA) is 84.5 Å². The molecule has 0 aliphatic heterocycles. The molecule has 1 atom stereocenters. The first-order valence-electron chi connectivity index (χ1n) is 9.12. The third-order valence-electron chi connectivity index (χ3n) is 4.60. The van der Waals surface area contributed by atoms with E-state index in [4.69, 9.17) is 4.74 Å². The first kappa shape index (κ1) is 19.9. The lowest BCUT2D eigenvalue weighted by atomic mass is 10.1. The fourth-order valence-electron chi connectivity index (χ4n) is 3.08. The van der Waals surface area contributed by atoms with Crippen molar-refractivity contribution in [2.24, 2.45) is 0 Å². The van der Waals surface area contributed by atoms with Crippen LogP contribution in [0.5, 0.6) is 5.75 Å². The fourth-order valence-corrected chi connectivity index (χ4v) is 4.23. The Labute approximate surface area is 165 Å². The van der Waals surface area contributed by atoms with Crippen LogP contribution in [0.3, 0.4) is 0 Å². The van der Waals surface area contributed by atoms with Crippen molar-refractivity contribution >= 4 is 15.9 Å². The van der Waals surface area contributed by atoms with Crippen LogP contribution in [0.25, 0.3) is 0 Å². The molecule has 2 N–H and O–H groups in total. The minimum absolute atomic E-state index is 0.207. The van der Waals surface area contributed by atoms with Crippen LogP contribution in [0.1, 0.15) is 35.2 Å². The van der Waals surface area contributed by atoms with Gasteiger partial charge in [-0.15, -0.1) is 0 Å². The number of carbonyl (C=O) groups is 1. The number of hydrogen-bond acceptors (Lipinski definition) is 4. The van der Waals surface area contributed by atoms with Crippen molar-refractivity contribution in [3.8, 4) is 5.75 Å². The lowest BCUT2D eigenvalue weighted by Crippen LogP contribution is -2.34. The molecule has 6 nitrogen and oxygen atoms in total. The standard InChI is InChI=1S/C21H24N2O4S/c1-15-14-16(8-13-20(15)27-2)21(24)22-17-9-11-19(12-10-17)28(25,26)23-18-6-4-3-5-7-18/h4,6-9,11-14,17,23H,3,5,10H2,1-2H3,(H,22,24). The van der Waals surface area contributed by atoms with Crippen molar-refractivity contribution in [1.29, 1.82) is 0 Å². The summed E-state index contributed by atoms with van der Waals surface area (Å²) in [5.41, 5.74) is 2.00. The fraction of sp³-hybridized carbons (Fsp3) is 0.286. The molecule has 1 aromatic rings. The van der Waals surface area contributed by atoms with Crippen molar-refractivity contribution in [1.82, 2.24) is 10.0 Å². The number of amides is 1. The molecule has 0 radical (unpaired) electrons. The predicted octanol–water partition coefficient (Wildman–Crippen LogP) is 3.10. The average Bonchev–Trinajstić information content (AvgIpc) is 2.68. The van der Waals surface area contributed by atoms with Gasteiger partial charge in [0.1, 0.15) is 5.75 Å². The zero-order chi connectivity index (χ0) is 20.1. The normalized spacial score (nSPS) is 18.9. The minimum atomic E-state index is -3.62. The maximum atomic E-state index is 12.5. The van der Waals surface area contributed by atoms with Crippen LogP contribution < -0.4 is 14.8 Å². The lowest BCUT2D eigenvalue weighted by molar-refractivity contribution is 0.0944. The summed E-state index contributed by atoms with van der Waals surface area (Å²) >= 11 is 0. The van der Waals surface area contributed by atoms with Gasteiger partial charge in [0.15, 0.2) is 0 Å². The minimum Gasteiger partial charge on any atom is -0.496 e. The quantitative estimate of drug-likeness (QED) is 0.769. The highest BCUT2D eigenvalue weighted by Crippen LogP contribution is 2.20. The number of sulfonamides is 1. The number of rotatable bonds is 6. The number of benzene rings is 1. The summed E-state index contributed by atoms with van der Waals surface area (Å²) in [6, 6.07) is 4.96. The largest absolute Gasteiger partial charge is 0.496 e. The smallest absolute Gasteiger partial charge is 0.261 e. The molecule has 3 rings (SSSR count). The third-order valence-corrected chi connectivity index (χ3v) is 6.02. The van der Waals surface area contributed by atoms with Crippen LogP contribution >= 0.6 is 0 Å². The molecular formula is C21H24N2O4S. The summed E-state index contributed by atoms with van der Waals surface area (Å²) < 4.78 is 32.8. The van der Waals surface area contributed by atoms with Gasteiger partial charge in [-0.3, -0.25) is 9.52 Å². The van der Waals surface area contributed by atoms with E-state index in [1.54, 1.807) is 43.5 Å². The van der Waals surface area contributed by atoms with Gasteiger partial charge in [0.05, 0.1) is 18.1 Å². The zero-order valence-corrected chi connectivity index (χ0v) is 16.8. The first-order chi connectivity index (χ1) is 13.4. The van der Waals surface area contributed by atoms with E-state index < -0.39 is 10.0 Å². The second-order valence-corrected chi connectivity index (χ2v) is 8.39. The van der Waals surface area contributed by atoms with E-state index in [1.165, 1.54) is 6.08 Å². The van der Waals surface area contributed by atoms with E-state index in [-0.39, 0.29) is 16.9 Å². The maximum absolute atomic E-state index is 12.5. The van der Waals surface area contributed by atoms with Gasteiger partial charge < -0.3 is 10.1 Å². The Hall–Kier alpha value is -2.80. The second-order valence-electron chi connectivity index (χ2n) is 6.71. The number of ether oxygens (including phenoxy) is 1. The molecule has 28 heavy (non-hydrogen) atoms. The molecular weight excluding hydrogens is 376 g/mol. The molecule has 148 valence electrons. The highest BCUT2D eigenvalue weighted by molar-refractivity contribution is 7.93. The number of allylic oxidation sites excluding steroid dienone is 4. The summed E-state index contributed by atoms with van der Waals surface area (Å²) in [6.07, 6.45) is 12.6. The number of hydrogen-bond donors (Lipinski definition) is 2. The van der Waals surface area contributed by atoms with E-state index in [0.717, 1.165) is 24.2 Å². The molecule has 0 bridgehead atoms. The van der Waals surface area contributed by atoms with Crippen LogP contribution in [-0.4, -0.2) is 27.5 Å². The van der Waals surface area contributed by atoms with Crippen LogP contribution in [0.4, 0.5) is 0 Å². The molecule has 2 aliphatic rings. The Morgan fingerprint density at radius 1 is 1.18 bits per heavy atom. The molecule has 0 heterocycles. The van der Waals surface area contributed by atoms with Gasteiger partial charge in [-0.2, -0.15) is 0 Å². The maximum Gasteiger partial charge on any atom is 0.261 e. The lowest BCUT2D eigenvalue weighted by Gasteiger charge is -2.19. The van der Waals surface area contributed by atoms with E-state index in [9.17, 15) is 13.2 Å². The summed E-state index contributed by atoms with van der Waals surface area (Å²) in [5.74, 6) is 0.512. The number of carbonyl (C=O) groups excluding carboxylic acids is 1. The van der Waals surface area contributed by atoms with E-state index in [1.807, 2.05) is 19.1 Å². The van der Waals surface area contributed by atoms with Crippen LogP contribution in [-0.2, 0) is 10.0 Å². The molecule has 1 aromatic carbocycles. The van der Waals surface area contributed by atoms with Crippen molar-refractivity contribution in [2.45, 2.75) is 32.2 Å². The van der Waals surface area contributed by atoms with Crippen molar-refractivity contribution < 1.29 is 17.9 Å². The highest BCUT2D eigenvalue weighted by Gasteiger charge is 2.21. The third kappa shape index (κ3) is 4.72. The summed E-state index contributed by atoms with van der Waals surface area (Å²) in [6.45, 7) is 1.87. The van der Waals surface area contributed by atoms with Gasteiger partial charge in [0.2, 0.25) is 0 Å². The van der Waals surface area contributed by atoms with Gasteiger partial charge in [0, 0.05) is 11.3 Å². The zero-order valence-electron chi connectivity index (χ0n) is 15.9. The Kier molecular flexibility index (Phi) is 6.04. The Morgan fingerprint density at radius 3 is 2.61 bits per heavy atom. The highest BCUT2D eigenvalue weighted by atomic mass is 32.2. The van der Waals surface area contributed by atoms with Crippen molar-refractivity contribution in [2.75, 3.05) is 7.11 Å². The van der Waals surface area contributed by atoms with E-state index in [0.29, 0.717) is 17.7 Å². The Bertz CT molecular complexity index is 988. The predicted molar refractivity (Wildman–Crippen MR) is 109 cm³/mol. The molecule has 0 aromatic heterocycles. The molecule has 0 saturated heterocycles. The van der Waals surface area contributed by atoms with Crippen molar-refractivity contribution in [3.05, 3.63) is 76.4 Å². The van der Waals surface area contributed by atoms with Crippen molar-refractivity contribution in [3.63, 3.8) is 0 Å². The van der Waals surface area contributed by atoms with Gasteiger partial charge in [-0.05, 0) is 62.1 Å². The van der Waals surface area contributed by atoms with Crippen LogP contribution in [0.15, 0.2) is 65.3 Å². The van der Waals surface area contributed by atoms with Crippen LogP contribution in [0, 0.1) is 6.92 Å². The van der Waals surface area contributed by atoms with E-state index >= 15 is 0 Å². The molecule has 1 unspecified atom stereocenters. The average molecular weight is 401 g/mol. The summed E-state index contributed by atoms with van der Waals surface area (Å²) in [7, 11) is -2.04. The number of nitrogens with one attached hydrogen (secondary N) is 2. The van der Waals surface area contributed by atoms with Crippen LogP contribution in [0.2, 0.25) is 0 Å². The Balaban J connectivity index is 1.61. The second kappa shape index (κ2) is 8.48. The summed E-state index contributed by atoms with van der Waals surface area (Å²) in [5, 5.41) is 2.90. The first-order valence-corrected chi connectivity index (χ1v) is 10.6. The monoisotopic (exact) mass is 400 g/mol. The Morgan fingerprint density at radius 2 is 2.00 bits per heavy atom. The SMILES string of the molecule is COc1ccc(C(=O)NC2C=CC(S(=O)(=O)NC3=CCCC=C3)=CC2)cc1C. The van der Waals surface area contributed by atoms with Gasteiger partial charge in [-0.25, -0.2) is 8.42 Å². The van der Waals surface area contributed by atoms with Gasteiger partial charge in [-0.1, -0.05) is 24.3 Å². The molecule has 0 saturated carbocycles. The molecule has 1 amide bonds.